The molecule has 1 aliphatic carbocycles. The molecule has 19 heavy (non-hydrogen) atoms. The number of nitrogens with zero attached hydrogens (tertiary/aromatic N) is 2. The summed E-state index contributed by atoms with van der Waals surface area (Å²) in [5, 5.41) is 7.64. The maximum absolute atomic E-state index is 5.48. The van der Waals surface area contributed by atoms with Gasteiger partial charge in [0.25, 0.3) is 0 Å². The SMILES string of the molecule is CCC1CCCCN1Cc1cc(CNC2CC2)no1. The van der Waals surface area contributed by atoms with Gasteiger partial charge in [-0.1, -0.05) is 18.5 Å². The maximum Gasteiger partial charge on any atom is 0.151 e. The Morgan fingerprint density at radius 1 is 1.37 bits per heavy atom. The second-order valence-electron chi connectivity index (χ2n) is 5.97. The van der Waals surface area contributed by atoms with Crippen molar-refractivity contribution in [1.82, 2.24) is 15.4 Å². The Bertz CT molecular complexity index is 400. The lowest BCUT2D eigenvalue weighted by molar-refractivity contribution is 0.123. The summed E-state index contributed by atoms with van der Waals surface area (Å²) in [6, 6.07) is 3.58. The molecule has 0 aromatic carbocycles. The molecule has 2 aliphatic rings. The molecule has 0 radical (unpaired) electrons. The molecule has 4 heteroatoms. The molecule has 106 valence electrons. The lowest BCUT2D eigenvalue weighted by Gasteiger charge is -2.34. The van der Waals surface area contributed by atoms with E-state index in [1.807, 2.05) is 0 Å². The molecule has 1 atom stereocenters. The van der Waals surface area contributed by atoms with E-state index in [9.17, 15) is 0 Å². The first-order chi connectivity index (χ1) is 9.35. The Kier molecular flexibility index (Phi) is 4.18. The zero-order chi connectivity index (χ0) is 13.1. The van der Waals surface area contributed by atoms with Gasteiger partial charge in [0, 0.05) is 24.7 Å². The van der Waals surface area contributed by atoms with E-state index < -0.39 is 0 Å². The van der Waals surface area contributed by atoms with Gasteiger partial charge in [0.05, 0.1) is 12.2 Å². The van der Waals surface area contributed by atoms with Gasteiger partial charge in [-0.3, -0.25) is 4.90 Å². The average molecular weight is 263 g/mol. The summed E-state index contributed by atoms with van der Waals surface area (Å²) in [6.45, 7) is 5.27. The zero-order valence-electron chi connectivity index (χ0n) is 11.9. The molecule has 1 saturated carbocycles. The van der Waals surface area contributed by atoms with Gasteiger partial charge < -0.3 is 9.84 Å². The third kappa shape index (κ3) is 3.57. The monoisotopic (exact) mass is 263 g/mol. The molecule has 0 bridgehead atoms. The summed E-state index contributed by atoms with van der Waals surface area (Å²) in [7, 11) is 0. The van der Waals surface area contributed by atoms with Crippen molar-refractivity contribution in [3.8, 4) is 0 Å². The van der Waals surface area contributed by atoms with E-state index in [0.717, 1.165) is 36.6 Å². The summed E-state index contributed by atoms with van der Waals surface area (Å²) in [4.78, 5) is 2.56. The van der Waals surface area contributed by atoms with Crippen LogP contribution in [0.5, 0.6) is 0 Å². The van der Waals surface area contributed by atoms with Gasteiger partial charge in [0.1, 0.15) is 0 Å². The van der Waals surface area contributed by atoms with E-state index in [0.29, 0.717) is 0 Å². The van der Waals surface area contributed by atoms with Crippen LogP contribution in [0.1, 0.15) is 56.9 Å². The number of nitrogens with one attached hydrogen (secondary N) is 1. The van der Waals surface area contributed by atoms with Crippen LogP contribution in [-0.4, -0.2) is 28.7 Å². The van der Waals surface area contributed by atoms with Gasteiger partial charge in [-0.2, -0.15) is 0 Å². The van der Waals surface area contributed by atoms with Crippen LogP contribution in [0.2, 0.25) is 0 Å². The number of aromatic nitrogens is 1. The largest absolute Gasteiger partial charge is 0.360 e. The van der Waals surface area contributed by atoms with Crippen LogP contribution >= 0.6 is 0 Å². The second kappa shape index (κ2) is 6.06. The first-order valence-corrected chi connectivity index (χ1v) is 7.77. The van der Waals surface area contributed by atoms with Crippen LogP contribution in [0, 0.1) is 0 Å². The molecule has 1 N–H and O–H groups in total. The highest BCUT2D eigenvalue weighted by molar-refractivity contribution is 5.06. The fourth-order valence-electron chi connectivity index (χ4n) is 2.98. The van der Waals surface area contributed by atoms with E-state index in [2.05, 4.69) is 28.4 Å². The summed E-state index contributed by atoms with van der Waals surface area (Å²) in [5.41, 5.74) is 1.05. The number of hydrogen-bond acceptors (Lipinski definition) is 4. The molecule has 1 aromatic rings. The molecule has 2 fully saturated rings. The second-order valence-corrected chi connectivity index (χ2v) is 5.97. The van der Waals surface area contributed by atoms with Crippen molar-refractivity contribution in [2.45, 2.75) is 70.6 Å². The third-order valence-corrected chi connectivity index (χ3v) is 4.34. The fraction of sp³-hybridized carbons (Fsp3) is 0.800. The highest BCUT2D eigenvalue weighted by Crippen LogP contribution is 2.22. The van der Waals surface area contributed by atoms with Gasteiger partial charge in [0.2, 0.25) is 0 Å². The zero-order valence-corrected chi connectivity index (χ0v) is 11.9. The van der Waals surface area contributed by atoms with Crippen LogP contribution in [-0.2, 0) is 13.1 Å². The van der Waals surface area contributed by atoms with Crippen molar-refractivity contribution in [2.24, 2.45) is 0 Å². The number of piperidine rings is 1. The minimum Gasteiger partial charge on any atom is -0.360 e. The first kappa shape index (κ1) is 13.1. The van der Waals surface area contributed by atoms with Gasteiger partial charge >= 0.3 is 0 Å². The fourth-order valence-corrected chi connectivity index (χ4v) is 2.98. The van der Waals surface area contributed by atoms with Crippen LogP contribution < -0.4 is 5.32 Å². The summed E-state index contributed by atoms with van der Waals surface area (Å²) >= 11 is 0. The van der Waals surface area contributed by atoms with E-state index in [4.69, 9.17) is 4.52 Å². The highest BCUT2D eigenvalue weighted by atomic mass is 16.5. The average Bonchev–Trinajstić information content (AvgIpc) is 3.17. The molecule has 1 aromatic heterocycles. The molecule has 1 saturated heterocycles. The van der Waals surface area contributed by atoms with E-state index in [1.165, 1.54) is 45.1 Å². The normalized spacial score (nSPS) is 24.8. The molecule has 0 amide bonds. The molecular weight excluding hydrogens is 238 g/mol. The molecule has 1 unspecified atom stereocenters. The first-order valence-electron chi connectivity index (χ1n) is 7.77. The van der Waals surface area contributed by atoms with Crippen molar-refractivity contribution in [1.29, 1.82) is 0 Å². The maximum atomic E-state index is 5.48. The van der Waals surface area contributed by atoms with E-state index in [-0.39, 0.29) is 0 Å². The van der Waals surface area contributed by atoms with Crippen molar-refractivity contribution in [3.63, 3.8) is 0 Å². The molecular formula is C15H25N3O. The quantitative estimate of drug-likeness (QED) is 0.857. The Labute approximate surface area is 115 Å². The highest BCUT2D eigenvalue weighted by Gasteiger charge is 2.23. The molecule has 4 nitrogen and oxygen atoms in total. The van der Waals surface area contributed by atoms with Crippen molar-refractivity contribution in [3.05, 3.63) is 17.5 Å². The van der Waals surface area contributed by atoms with Crippen molar-refractivity contribution < 1.29 is 4.52 Å². The Hall–Kier alpha value is -0.870. The predicted molar refractivity (Wildman–Crippen MR) is 74.7 cm³/mol. The number of likely N-dealkylation sites (tertiary alicyclic amines) is 1. The summed E-state index contributed by atoms with van der Waals surface area (Å²) in [6.07, 6.45) is 7.90. The van der Waals surface area contributed by atoms with Gasteiger partial charge in [-0.25, -0.2) is 0 Å². The third-order valence-electron chi connectivity index (χ3n) is 4.34. The van der Waals surface area contributed by atoms with Gasteiger partial charge in [-0.15, -0.1) is 0 Å². The van der Waals surface area contributed by atoms with Crippen molar-refractivity contribution in [2.75, 3.05) is 6.54 Å². The smallest absolute Gasteiger partial charge is 0.151 e. The van der Waals surface area contributed by atoms with Crippen molar-refractivity contribution >= 4 is 0 Å². The molecule has 3 rings (SSSR count). The predicted octanol–water partition coefficient (Wildman–Crippen LogP) is 2.69. The molecule has 1 aliphatic heterocycles. The van der Waals surface area contributed by atoms with Crippen LogP contribution in [0.3, 0.4) is 0 Å². The Morgan fingerprint density at radius 2 is 2.26 bits per heavy atom. The minimum atomic E-state index is 0.728. The lowest BCUT2D eigenvalue weighted by Crippen LogP contribution is -2.38. The number of hydrogen-bond donors (Lipinski definition) is 1. The van der Waals surface area contributed by atoms with Crippen LogP contribution in [0.4, 0.5) is 0 Å². The van der Waals surface area contributed by atoms with Crippen LogP contribution in [0.25, 0.3) is 0 Å². The topological polar surface area (TPSA) is 41.3 Å². The molecule has 0 spiro atoms. The summed E-state index contributed by atoms with van der Waals surface area (Å²) in [5.74, 6) is 1.02. The lowest BCUT2D eigenvalue weighted by atomic mass is 10.00. The molecule has 2 heterocycles. The standard InChI is InChI=1S/C15H25N3O/c1-2-14-5-3-4-8-18(14)11-15-9-13(17-19-15)10-16-12-6-7-12/h9,12,14,16H,2-8,10-11H2,1H3. The van der Waals surface area contributed by atoms with E-state index in [1.54, 1.807) is 0 Å². The summed E-state index contributed by atoms with van der Waals surface area (Å²) < 4.78 is 5.48. The number of rotatable bonds is 6. The minimum absolute atomic E-state index is 0.728. The Balaban J connectivity index is 1.52. The van der Waals surface area contributed by atoms with Crippen LogP contribution in [0.15, 0.2) is 10.6 Å². The van der Waals surface area contributed by atoms with Gasteiger partial charge in [-0.05, 0) is 38.6 Å². The van der Waals surface area contributed by atoms with E-state index >= 15 is 0 Å². The van der Waals surface area contributed by atoms with Gasteiger partial charge in [0.15, 0.2) is 5.76 Å². The Morgan fingerprint density at radius 3 is 3.05 bits per heavy atom.